The summed E-state index contributed by atoms with van der Waals surface area (Å²) in [6.45, 7) is 1.98. The van der Waals surface area contributed by atoms with Crippen LogP contribution in [0.5, 0.6) is 0 Å². The molecule has 0 aliphatic heterocycles. The van der Waals surface area contributed by atoms with E-state index in [0.29, 0.717) is 5.56 Å². The number of rotatable bonds is 17. The first-order chi connectivity index (χ1) is 20.1. The lowest BCUT2D eigenvalue weighted by Crippen LogP contribution is -2.59. The summed E-state index contributed by atoms with van der Waals surface area (Å²) >= 11 is 0. The first-order valence-electron chi connectivity index (χ1n) is 13.2. The summed E-state index contributed by atoms with van der Waals surface area (Å²) in [5.41, 5.74) is 11.3. The van der Waals surface area contributed by atoms with E-state index < -0.39 is 60.9 Å². The normalized spacial score (nSPS) is 13.0. The van der Waals surface area contributed by atoms with Crippen molar-refractivity contribution in [2.45, 2.75) is 64.0 Å². The topological polar surface area (TPSA) is 273 Å². The van der Waals surface area contributed by atoms with Crippen LogP contribution in [0.15, 0.2) is 35.3 Å². The van der Waals surface area contributed by atoms with Crippen molar-refractivity contribution in [3.05, 3.63) is 46.0 Å². The van der Waals surface area contributed by atoms with E-state index in [1.807, 2.05) is 5.32 Å². The Morgan fingerprint density at radius 3 is 2.30 bits per heavy atom. The number of aliphatic imine (C=N–C) groups is 1. The van der Waals surface area contributed by atoms with E-state index in [-0.39, 0.29) is 49.8 Å². The van der Waals surface area contributed by atoms with E-state index in [2.05, 4.69) is 10.3 Å². The van der Waals surface area contributed by atoms with Crippen LogP contribution in [0, 0.1) is 10.1 Å². The first-order valence-corrected chi connectivity index (χ1v) is 14.9. The Hall–Kier alpha value is -4.28. The second kappa shape index (κ2) is 17.6. The summed E-state index contributed by atoms with van der Waals surface area (Å²) in [6, 6.07) is 5.46. The maximum absolute atomic E-state index is 13.4. The van der Waals surface area contributed by atoms with Gasteiger partial charge in [-0.2, -0.15) is 0 Å². The van der Waals surface area contributed by atoms with Gasteiger partial charge in [-0.15, -0.1) is 0 Å². The van der Waals surface area contributed by atoms with Gasteiger partial charge in [0.05, 0.1) is 0 Å². The van der Waals surface area contributed by atoms with Gasteiger partial charge in [-0.05, 0) is 36.8 Å². The van der Waals surface area contributed by atoms with E-state index in [1.165, 1.54) is 7.05 Å². The van der Waals surface area contributed by atoms with Crippen molar-refractivity contribution in [1.29, 1.82) is 0 Å². The molecule has 0 aliphatic carbocycles. The van der Waals surface area contributed by atoms with Gasteiger partial charge >= 0.3 is 19.6 Å². The maximum Gasteiger partial charge on any atom is 0.410 e. The zero-order valence-electron chi connectivity index (χ0n) is 24.1. The fourth-order valence-electron chi connectivity index (χ4n) is 3.65. The lowest BCUT2D eigenvalue weighted by Gasteiger charge is -2.27. The minimum atomic E-state index is -4.83. The van der Waals surface area contributed by atoms with Crippen LogP contribution in [-0.4, -0.2) is 92.5 Å². The second-order valence-electron chi connectivity index (χ2n) is 9.46. The molecular weight excluding hydrogens is 591 g/mol. The molecule has 43 heavy (non-hydrogen) atoms. The summed E-state index contributed by atoms with van der Waals surface area (Å²) in [6.07, 6.45) is -1.02. The van der Waals surface area contributed by atoms with Gasteiger partial charge in [-0.3, -0.25) is 23.9 Å². The molecule has 0 saturated carbocycles. The zero-order valence-corrected chi connectivity index (χ0v) is 25.0. The van der Waals surface area contributed by atoms with Crippen molar-refractivity contribution in [3.8, 4) is 0 Å². The fourth-order valence-corrected chi connectivity index (χ4v) is 3.94. The fraction of sp³-hybridized carbons (Fsp3) is 0.542. The van der Waals surface area contributed by atoms with E-state index in [4.69, 9.17) is 16.2 Å². The summed E-state index contributed by atoms with van der Waals surface area (Å²) in [5.74, 6) is -5.31. The number of guanidine groups is 1. The molecule has 0 spiro atoms. The third kappa shape index (κ3) is 13.1. The number of hydrazine groups is 1. The summed E-state index contributed by atoms with van der Waals surface area (Å²) in [7, 11) is -3.54. The highest BCUT2D eigenvalue weighted by atomic mass is 31.2. The van der Waals surface area contributed by atoms with Gasteiger partial charge in [-0.25, -0.2) is 14.9 Å². The Morgan fingerprint density at radius 2 is 1.77 bits per heavy atom. The highest BCUT2D eigenvalue weighted by Crippen LogP contribution is 2.39. The van der Waals surface area contributed by atoms with Crippen molar-refractivity contribution in [3.63, 3.8) is 0 Å². The standard InChI is InChI=1S/C24H39N8O10P/c1-4-9-18(29-20(33)14-30(3)24(36)42-15-17-10-6-5-7-11-17)22(35)31(32(37)38)19(12-8-13-27-23(25)26)21(34)28-16(2)43(39,40)41/h5-7,10-11,16,18-19H,4,8-9,12-15H2,1-3H3,(H,28,34)(H,29,33)(H4,25,26,27)(H2,39,40,41)/t16-,18+,19+/m1/s1. The van der Waals surface area contributed by atoms with Crippen molar-refractivity contribution in [2.24, 2.45) is 16.5 Å². The van der Waals surface area contributed by atoms with Crippen LogP contribution in [0.4, 0.5) is 4.79 Å². The minimum absolute atomic E-state index is 0.00961. The number of nitrogens with two attached hydrogens (primary N) is 2. The van der Waals surface area contributed by atoms with E-state index in [1.54, 1.807) is 37.3 Å². The molecule has 240 valence electrons. The maximum atomic E-state index is 13.4. The number of likely N-dealkylation sites (N-methyl/N-ethyl adjacent to an activating group) is 1. The van der Waals surface area contributed by atoms with Crippen LogP contribution in [0.3, 0.4) is 0 Å². The molecule has 0 heterocycles. The third-order valence-electron chi connectivity index (χ3n) is 5.89. The molecule has 0 aliphatic rings. The highest BCUT2D eigenvalue weighted by Gasteiger charge is 2.43. The zero-order chi connectivity index (χ0) is 32.7. The van der Waals surface area contributed by atoms with Gasteiger partial charge in [0.2, 0.25) is 11.8 Å². The summed E-state index contributed by atoms with van der Waals surface area (Å²) in [4.78, 5) is 86.9. The molecule has 0 radical (unpaired) electrons. The number of hydrogen-bond acceptors (Lipinski definition) is 9. The van der Waals surface area contributed by atoms with Crippen LogP contribution >= 0.6 is 7.60 Å². The number of ether oxygens (including phenoxy) is 1. The molecule has 18 nitrogen and oxygen atoms in total. The van der Waals surface area contributed by atoms with Gasteiger partial charge < -0.3 is 41.5 Å². The SMILES string of the molecule is CCC[C@H](NC(=O)CN(C)C(=O)OCc1ccccc1)C(=O)N([C@@H](CCCN=C(N)N)C(=O)N[C@@H](C)P(=O)(O)O)[N+](=O)[O-]. The molecule has 1 rings (SSSR count). The van der Waals surface area contributed by atoms with Crippen molar-refractivity contribution in [1.82, 2.24) is 20.5 Å². The van der Waals surface area contributed by atoms with Crippen LogP contribution in [0.2, 0.25) is 0 Å². The Bertz CT molecular complexity index is 1190. The van der Waals surface area contributed by atoms with Crippen LogP contribution in [-0.2, 0) is 30.3 Å². The lowest BCUT2D eigenvalue weighted by atomic mass is 10.1. The number of nitrogens with one attached hydrogen (secondary N) is 2. The van der Waals surface area contributed by atoms with Crippen molar-refractivity contribution in [2.75, 3.05) is 20.1 Å². The lowest BCUT2D eigenvalue weighted by molar-refractivity contribution is -0.640. The largest absolute Gasteiger partial charge is 0.445 e. The van der Waals surface area contributed by atoms with Gasteiger partial charge in [0.25, 0.3) is 0 Å². The van der Waals surface area contributed by atoms with E-state index >= 15 is 0 Å². The van der Waals surface area contributed by atoms with Crippen LogP contribution in [0.1, 0.15) is 45.1 Å². The van der Waals surface area contributed by atoms with E-state index in [0.717, 1.165) is 11.8 Å². The van der Waals surface area contributed by atoms with Crippen molar-refractivity contribution >= 4 is 37.4 Å². The molecule has 3 atom stereocenters. The molecule has 4 amide bonds. The van der Waals surface area contributed by atoms with Crippen LogP contribution in [0.25, 0.3) is 0 Å². The summed E-state index contributed by atoms with van der Waals surface area (Å²) in [5, 5.41) is 15.3. The Morgan fingerprint density at radius 1 is 1.14 bits per heavy atom. The molecule has 1 aromatic rings. The second-order valence-corrected chi connectivity index (χ2v) is 11.4. The van der Waals surface area contributed by atoms with E-state index in [9.17, 15) is 43.6 Å². The number of carbonyl (C=O) groups excluding carboxylic acids is 4. The number of benzene rings is 1. The quantitative estimate of drug-likeness (QED) is 0.0321. The number of hydrogen-bond donors (Lipinski definition) is 6. The predicted molar refractivity (Wildman–Crippen MR) is 153 cm³/mol. The van der Waals surface area contributed by atoms with Crippen molar-refractivity contribution < 1.29 is 43.3 Å². The molecule has 19 heteroatoms. The molecule has 0 unspecified atom stereocenters. The Kier molecular flexibility index (Phi) is 15.1. The monoisotopic (exact) mass is 630 g/mol. The molecule has 8 N–H and O–H groups in total. The van der Waals surface area contributed by atoms with Gasteiger partial charge in [0.1, 0.15) is 25.0 Å². The molecule has 0 fully saturated rings. The van der Waals surface area contributed by atoms with Gasteiger partial charge in [0, 0.05) is 13.6 Å². The molecule has 0 saturated heterocycles. The Labute approximate surface area is 248 Å². The summed E-state index contributed by atoms with van der Waals surface area (Å²) < 4.78 is 16.7. The average Bonchev–Trinajstić information content (AvgIpc) is 2.92. The average molecular weight is 631 g/mol. The highest BCUT2D eigenvalue weighted by molar-refractivity contribution is 7.52. The van der Waals surface area contributed by atoms with Gasteiger partial charge in [-0.1, -0.05) is 43.7 Å². The van der Waals surface area contributed by atoms with Crippen LogP contribution < -0.4 is 22.1 Å². The number of nitro groups is 1. The third-order valence-corrected chi connectivity index (χ3v) is 7.03. The number of nitrogens with zero attached hydrogens (tertiary/aromatic N) is 4. The molecule has 1 aromatic carbocycles. The van der Waals surface area contributed by atoms with Gasteiger partial charge in [0.15, 0.2) is 17.0 Å². The smallest absolute Gasteiger partial charge is 0.410 e. The minimum Gasteiger partial charge on any atom is -0.445 e. The Balaban J connectivity index is 3.09. The molecule has 0 bridgehead atoms. The number of amides is 4. The molecule has 0 aromatic heterocycles. The first kappa shape index (κ1) is 36.7. The predicted octanol–water partition coefficient (Wildman–Crippen LogP) is -0.378. The molecular formula is C24H39N8O10P. The number of carbonyl (C=O) groups is 4.